The molecular formula is C19H23FN2O2S. The van der Waals surface area contributed by atoms with Crippen molar-refractivity contribution in [3.05, 3.63) is 51.7 Å². The lowest BCUT2D eigenvalue weighted by Gasteiger charge is -2.16. The Morgan fingerprint density at radius 2 is 1.80 bits per heavy atom. The van der Waals surface area contributed by atoms with E-state index in [4.69, 9.17) is 0 Å². The molecule has 0 atom stereocenters. The van der Waals surface area contributed by atoms with Crippen LogP contribution >= 0.6 is 11.3 Å². The number of carbonyl (C=O) groups is 2. The first-order valence-corrected chi connectivity index (χ1v) is 8.84. The number of amides is 2. The Morgan fingerprint density at radius 3 is 2.40 bits per heavy atom. The quantitative estimate of drug-likeness (QED) is 0.846. The van der Waals surface area contributed by atoms with E-state index in [2.05, 4.69) is 10.6 Å². The monoisotopic (exact) mass is 362 g/mol. The maximum atomic E-state index is 13.3. The van der Waals surface area contributed by atoms with Crippen LogP contribution in [0.25, 0.3) is 0 Å². The largest absolute Gasteiger partial charge is 0.347 e. The van der Waals surface area contributed by atoms with E-state index >= 15 is 0 Å². The van der Waals surface area contributed by atoms with Gasteiger partial charge >= 0.3 is 0 Å². The van der Waals surface area contributed by atoms with Crippen molar-refractivity contribution in [1.82, 2.24) is 5.32 Å². The van der Waals surface area contributed by atoms with E-state index in [9.17, 15) is 14.0 Å². The van der Waals surface area contributed by atoms with Gasteiger partial charge in [0, 0.05) is 12.0 Å². The molecule has 0 aliphatic carbocycles. The van der Waals surface area contributed by atoms with Gasteiger partial charge in [0.1, 0.15) is 5.82 Å². The molecule has 2 amide bonds. The summed E-state index contributed by atoms with van der Waals surface area (Å²) in [6, 6.07) is 6.56. The maximum Gasteiger partial charge on any atom is 0.261 e. The van der Waals surface area contributed by atoms with Gasteiger partial charge in [0.25, 0.3) is 5.91 Å². The zero-order valence-corrected chi connectivity index (χ0v) is 15.9. The van der Waals surface area contributed by atoms with Crippen LogP contribution < -0.4 is 10.6 Å². The second-order valence-electron chi connectivity index (χ2n) is 7.09. The Labute approximate surface area is 151 Å². The first kappa shape index (κ1) is 19.1. The highest BCUT2D eigenvalue weighted by Crippen LogP contribution is 2.28. The van der Waals surface area contributed by atoms with E-state index in [1.807, 2.05) is 27.7 Å². The molecule has 4 nitrogen and oxygen atoms in total. The van der Waals surface area contributed by atoms with Gasteiger partial charge in [-0.1, -0.05) is 32.9 Å². The van der Waals surface area contributed by atoms with Crippen molar-refractivity contribution in [1.29, 1.82) is 0 Å². The van der Waals surface area contributed by atoms with Crippen molar-refractivity contribution < 1.29 is 14.0 Å². The lowest BCUT2D eigenvalue weighted by molar-refractivity contribution is -0.123. The van der Waals surface area contributed by atoms with Crippen molar-refractivity contribution in [2.75, 3.05) is 5.32 Å². The molecule has 1 aromatic heterocycles. The molecule has 0 radical (unpaired) electrons. The molecule has 1 heterocycles. The summed E-state index contributed by atoms with van der Waals surface area (Å²) in [6.07, 6.45) is 0. The van der Waals surface area contributed by atoms with E-state index in [1.54, 1.807) is 25.1 Å². The average Bonchev–Trinajstić information content (AvgIpc) is 2.88. The lowest BCUT2D eigenvalue weighted by Crippen LogP contribution is -2.27. The van der Waals surface area contributed by atoms with Crippen molar-refractivity contribution in [3.8, 4) is 0 Å². The van der Waals surface area contributed by atoms with Gasteiger partial charge in [-0.25, -0.2) is 4.39 Å². The van der Waals surface area contributed by atoms with E-state index in [0.717, 1.165) is 11.1 Å². The van der Waals surface area contributed by atoms with Gasteiger partial charge in [-0.15, -0.1) is 11.3 Å². The fourth-order valence-corrected chi connectivity index (χ4v) is 3.13. The Balaban J connectivity index is 2.04. The van der Waals surface area contributed by atoms with Crippen molar-refractivity contribution in [2.45, 2.75) is 41.2 Å². The molecule has 2 N–H and O–H groups in total. The third-order valence-corrected chi connectivity index (χ3v) is 4.87. The SMILES string of the molecule is Cc1cc(CNC(=O)c2sc(NC(=O)C(C)(C)C)cc2C)ccc1F. The van der Waals surface area contributed by atoms with Crippen LogP contribution in [0.15, 0.2) is 24.3 Å². The molecule has 0 bridgehead atoms. The number of rotatable bonds is 4. The van der Waals surface area contributed by atoms with Crippen LogP contribution in [0.4, 0.5) is 9.39 Å². The van der Waals surface area contributed by atoms with Crippen LogP contribution in [-0.4, -0.2) is 11.8 Å². The molecule has 25 heavy (non-hydrogen) atoms. The Morgan fingerprint density at radius 1 is 1.12 bits per heavy atom. The van der Waals surface area contributed by atoms with E-state index in [1.165, 1.54) is 17.4 Å². The number of aryl methyl sites for hydroxylation is 2. The van der Waals surface area contributed by atoms with Gasteiger partial charge in [-0.3, -0.25) is 9.59 Å². The van der Waals surface area contributed by atoms with Gasteiger partial charge in [0.15, 0.2) is 0 Å². The molecule has 134 valence electrons. The highest BCUT2D eigenvalue weighted by molar-refractivity contribution is 7.18. The molecule has 6 heteroatoms. The second-order valence-corrected chi connectivity index (χ2v) is 8.15. The molecule has 0 spiro atoms. The predicted molar refractivity (Wildman–Crippen MR) is 99.4 cm³/mol. The molecule has 0 aliphatic heterocycles. The minimum atomic E-state index is -0.499. The number of hydrogen-bond donors (Lipinski definition) is 2. The maximum absolute atomic E-state index is 13.3. The van der Waals surface area contributed by atoms with Crippen LogP contribution in [0.2, 0.25) is 0 Å². The predicted octanol–water partition coefficient (Wildman–Crippen LogP) is 4.42. The fourth-order valence-electron chi connectivity index (χ4n) is 2.15. The average molecular weight is 362 g/mol. The summed E-state index contributed by atoms with van der Waals surface area (Å²) in [7, 11) is 0. The topological polar surface area (TPSA) is 58.2 Å². The third-order valence-electron chi connectivity index (χ3n) is 3.72. The van der Waals surface area contributed by atoms with Crippen molar-refractivity contribution >= 4 is 28.2 Å². The molecule has 0 unspecified atom stereocenters. The zero-order chi connectivity index (χ0) is 18.8. The van der Waals surface area contributed by atoms with Crippen molar-refractivity contribution in [3.63, 3.8) is 0 Å². The minimum Gasteiger partial charge on any atom is -0.347 e. The fraction of sp³-hybridized carbons (Fsp3) is 0.368. The van der Waals surface area contributed by atoms with Gasteiger partial charge in [0.05, 0.1) is 9.88 Å². The molecule has 1 aromatic carbocycles. The summed E-state index contributed by atoms with van der Waals surface area (Å²) < 4.78 is 13.3. The van der Waals surface area contributed by atoms with Gasteiger partial charge in [0.2, 0.25) is 5.91 Å². The summed E-state index contributed by atoms with van der Waals surface area (Å²) in [5.74, 6) is -0.563. The van der Waals surface area contributed by atoms with Crippen molar-refractivity contribution in [2.24, 2.45) is 5.41 Å². The normalized spacial score (nSPS) is 11.3. The van der Waals surface area contributed by atoms with Gasteiger partial charge < -0.3 is 10.6 Å². The Bertz CT molecular complexity index is 806. The number of hydrogen-bond acceptors (Lipinski definition) is 3. The molecule has 0 saturated heterocycles. The summed E-state index contributed by atoms with van der Waals surface area (Å²) in [4.78, 5) is 25.0. The van der Waals surface area contributed by atoms with E-state index in [0.29, 0.717) is 22.0 Å². The number of halogens is 1. The molecular weight excluding hydrogens is 339 g/mol. The number of thiophene rings is 1. The van der Waals surface area contributed by atoms with Crippen LogP contribution in [0.5, 0.6) is 0 Å². The van der Waals surface area contributed by atoms with E-state index < -0.39 is 5.41 Å². The Hall–Kier alpha value is -2.21. The van der Waals surface area contributed by atoms with Gasteiger partial charge in [-0.05, 0) is 42.7 Å². The summed E-state index contributed by atoms with van der Waals surface area (Å²) in [5.41, 5.74) is 1.69. The van der Waals surface area contributed by atoms with Crippen LogP contribution in [0.1, 0.15) is 47.1 Å². The number of benzene rings is 1. The first-order chi connectivity index (χ1) is 11.6. The van der Waals surface area contributed by atoms with Crippen LogP contribution in [0.3, 0.4) is 0 Å². The molecule has 0 fully saturated rings. The summed E-state index contributed by atoms with van der Waals surface area (Å²) >= 11 is 1.25. The third kappa shape index (κ3) is 4.89. The van der Waals surface area contributed by atoms with Crippen LogP contribution in [0, 0.1) is 25.1 Å². The zero-order valence-electron chi connectivity index (χ0n) is 15.1. The standard InChI is InChI=1S/C19H23FN2O2S/c1-11-8-13(6-7-14(11)20)10-21-17(23)16-12(2)9-15(25-16)22-18(24)19(3,4)5/h6-9H,10H2,1-5H3,(H,21,23)(H,22,24). The minimum absolute atomic E-state index is 0.0949. The molecule has 0 saturated carbocycles. The molecule has 0 aliphatic rings. The molecule has 2 aromatic rings. The van der Waals surface area contributed by atoms with Crippen LogP contribution in [-0.2, 0) is 11.3 Å². The number of nitrogens with one attached hydrogen (secondary N) is 2. The summed E-state index contributed by atoms with van der Waals surface area (Å²) in [6.45, 7) is 9.35. The van der Waals surface area contributed by atoms with Gasteiger partial charge in [-0.2, -0.15) is 0 Å². The number of carbonyl (C=O) groups excluding carboxylic acids is 2. The second kappa shape index (κ2) is 7.35. The van der Waals surface area contributed by atoms with E-state index in [-0.39, 0.29) is 17.6 Å². The first-order valence-electron chi connectivity index (χ1n) is 8.03. The Kier molecular flexibility index (Phi) is 5.62. The molecule has 2 rings (SSSR count). The number of anilines is 1. The lowest BCUT2D eigenvalue weighted by atomic mass is 9.96. The smallest absolute Gasteiger partial charge is 0.261 e. The highest BCUT2D eigenvalue weighted by atomic mass is 32.1. The highest BCUT2D eigenvalue weighted by Gasteiger charge is 2.23. The summed E-state index contributed by atoms with van der Waals surface area (Å²) in [5, 5.41) is 6.33.